The van der Waals surface area contributed by atoms with E-state index >= 15 is 0 Å². The summed E-state index contributed by atoms with van der Waals surface area (Å²) in [6.07, 6.45) is -0.540. The molecule has 1 aliphatic heterocycles. The first-order chi connectivity index (χ1) is 10.5. The normalized spacial score (nSPS) is 17.9. The molecule has 0 aliphatic carbocycles. The number of hydrogen-bond acceptors (Lipinski definition) is 6. The topological polar surface area (TPSA) is 106 Å². The number of primary amides is 1. The van der Waals surface area contributed by atoms with E-state index in [1.165, 1.54) is 6.07 Å². The standard InChI is InChI=1S/C15H16N2O5/c16-15(20)21-8-11-6-13(19)12-5-9(1-2-14(12)22-11)17-4-3-10(18)7-17/h1-2,5-6,10,18H,3-4,7-8H2,(H2,16,20)/t10-/m0/s1. The second-order valence-electron chi connectivity index (χ2n) is 5.25. The van der Waals surface area contributed by atoms with E-state index in [9.17, 15) is 14.7 Å². The van der Waals surface area contributed by atoms with Crippen molar-refractivity contribution in [2.24, 2.45) is 5.73 Å². The van der Waals surface area contributed by atoms with E-state index in [2.05, 4.69) is 4.74 Å². The molecule has 1 atom stereocenters. The predicted octanol–water partition coefficient (Wildman–Crippen LogP) is 0.959. The highest BCUT2D eigenvalue weighted by molar-refractivity contribution is 5.81. The quantitative estimate of drug-likeness (QED) is 0.875. The molecular formula is C15H16N2O5. The highest BCUT2D eigenvalue weighted by Crippen LogP contribution is 2.24. The maximum Gasteiger partial charge on any atom is 0.404 e. The molecule has 0 spiro atoms. The van der Waals surface area contributed by atoms with Crippen LogP contribution in [0.5, 0.6) is 0 Å². The van der Waals surface area contributed by atoms with Crippen molar-refractivity contribution in [3.8, 4) is 0 Å². The largest absolute Gasteiger partial charge is 0.457 e. The molecule has 116 valence electrons. The summed E-state index contributed by atoms with van der Waals surface area (Å²) in [5.41, 5.74) is 5.96. The Kier molecular flexibility index (Phi) is 3.72. The average molecular weight is 304 g/mol. The summed E-state index contributed by atoms with van der Waals surface area (Å²) in [7, 11) is 0. The van der Waals surface area contributed by atoms with Crippen LogP contribution in [-0.2, 0) is 11.3 Å². The van der Waals surface area contributed by atoms with Gasteiger partial charge in [-0.1, -0.05) is 0 Å². The molecule has 1 aliphatic rings. The van der Waals surface area contributed by atoms with Crippen molar-refractivity contribution in [1.82, 2.24) is 0 Å². The number of rotatable bonds is 3. The van der Waals surface area contributed by atoms with Crippen LogP contribution in [0.4, 0.5) is 10.5 Å². The first-order valence-corrected chi connectivity index (χ1v) is 6.95. The summed E-state index contributed by atoms with van der Waals surface area (Å²) in [5.74, 6) is 0.237. The van der Waals surface area contributed by atoms with Gasteiger partial charge in [-0.05, 0) is 24.6 Å². The Morgan fingerprint density at radius 3 is 2.95 bits per heavy atom. The lowest BCUT2D eigenvalue weighted by Crippen LogP contribution is -2.21. The van der Waals surface area contributed by atoms with E-state index in [1.54, 1.807) is 12.1 Å². The fraction of sp³-hybridized carbons (Fsp3) is 0.333. The van der Waals surface area contributed by atoms with Crippen molar-refractivity contribution in [3.05, 3.63) is 40.2 Å². The Labute approximate surface area is 125 Å². The third-order valence-electron chi connectivity index (χ3n) is 3.65. The van der Waals surface area contributed by atoms with Crippen LogP contribution >= 0.6 is 0 Å². The molecular weight excluding hydrogens is 288 g/mol. The first kappa shape index (κ1) is 14.4. The van der Waals surface area contributed by atoms with Crippen molar-refractivity contribution in [2.45, 2.75) is 19.1 Å². The van der Waals surface area contributed by atoms with E-state index in [4.69, 9.17) is 10.2 Å². The fourth-order valence-corrected chi connectivity index (χ4v) is 2.58. The van der Waals surface area contributed by atoms with Crippen molar-refractivity contribution < 1.29 is 19.1 Å². The Bertz CT molecular complexity index is 770. The number of benzene rings is 1. The molecule has 2 aromatic rings. The van der Waals surface area contributed by atoms with Gasteiger partial charge in [0.1, 0.15) is 11.3 Å². The Balaban J connectivity index is 1.92. The van der Waals surface area contributed by atoms with Crippen LogP contribution in [0.25, 0.3) is 11.0 Å². The second-order valence-corrected chi connectivity index (χ2v) is 5.25. The Hall–Kier alpha value is -2.54. The molecule has 1 aromatic heterocycles. The van der Waals surface area contributed by atoms with Crippen molar-refractivity contribution in [1.29, 1.82) is 0 Å². The number of β-amino-alcohol motifs (C(OH)–C–C–N with tert-alkyl or cyclic N) is 1. The van der Waals surface area contributed by atoms with Crippen molar-refractivity contribution in [3.63, 3.8) is 0 Å². The summed E-state index contributed by atoms with van der Waals surface area (Å²) in [5, 5.41) is 10.0. The summed E-state index contributed by atoms with van der Waals surface area (Å²) >= 11 is 0. The van der Waals surface area contributed by atoms with Gasteiger partial charge in [-0.2, -0.15) is 0 Å². The highest BCUT2D eigenvalue weighted by atomic mass is 16.6. The van der Waals surface area contributed by atoms with Crippen LogP contribution < -0.4 is 16.1 Å². The van der Waals surface area contributed by atoms with E-state index in [0.717, 1.165) is 18.7 Å². The molecule has 3 rings (SSSR count). The molecule has 0 saturated carbocycles. The number of carbonyl (C=O) groups is 1. The van der Waals surface area contributed by atoms with Gasteiger partial charge in [0.15, 0.2) is 12.0 Å². The number of aliphatic hydroxyl groups excluding tert-OH is 1. The number of hydrogen-bond donors (Lipinski definition) is 2. The number of nitrogens with zero attached hydrogens (tertiary/aromatic N) is 1. The molecule has 1 aromatic carbocycles. The van der Waals surface area contributed by atoms with Crippen LogP contribution in [0, 0.1) is 0 Å². The molecule has 0 bridgehead atoms. The Morgan fingerprint density at radius 1 is 1.45 bits per heavy atom. The zero-order chi connectivity index (χ0) is 15.7. The molecule has 3 N–H and O–H groups in total. The van der Waals surface area contributed by atoms with Crippen LogP contribution in [0.1, 0.15) is 12.2 Å². The summed E-state index contributed by atoms with van der Waals surface area (Å²) in [4.78, 5) is 24.8. The van der Waals surface area contributed by atoms with Crippen molar-refractivity contribution >= 4 is 22.7 Å². The summed E-state index contributed by atoms with van der Waals surface area (Å²) in [6, 6.07) is 6.57. The van der Waals surface area contributed by atoms with E-state index in [0.29, 0.717) is 17.5 Å². The molecule has 1 fully saturated rings. The SMILES string of the molecule is NC(=O)OCc1cc(=O)c2cc(N3CC[C@H](O)C3)ccc2o1. The number of amides is 1. The third-order valence-corrected chi connectivity index (χ3v) is 3.65. The van der Waals surface area contributed by atoms with Crippen LogP contribution in [0.15, 0.2) is 33.5 Å². The number of aliphatic hydroxyl groups is 1. The highest BCUT2D eigenvalue weighted by Gasteiger charge is 2.21. The van der Waals surface area contributed by atoms with Gasteiger partial charge in [0.25, 0.3) is 0 Å². The fourth-order valence-electron chi connectivity index (χ4n) is 2.58. The van der Waals surface area contributed by atoms with Crippen molar-refractivity contribution in [2.75, 3.05) is 18.0 Å². The number of ether oxygens (including phenoxy) is 1. The maximum absolute atomic E-state index is 12.2. The van der Waals surface area contributed by atoms with Gasteiger partial charge in [-0.25, -0.2) is 4.79 Å². The van der Waals surface area contributed by atoms with Crippen LogP contribution in [0.3, 0.4) is 0 Å². The molecule has 2 heterocycles. The lowest BCUT2D eigenvalue weighted by Gasteiger charge is -2.18. The third kappa shape index (κ3) is 2.89. The maximum atomic E-state index is 12.2. The van der Waals surface area contributed by atoms with Gasteiger partial charge in [0, 0.05) is 24.8 Å². The van der Waals surface area contributed by atoms with Crippen LogP contribution in [0.2, 0.25) is 0 Å². The Morgan fingerprint density at radius 2 is 2.27 bits per heavy atom. The first-order valence-electron chi connectivity index (χ1n) is 6.95. The van der Waals surface area contributed by atoms with Gasteiger partial charge in [0.05, 0.1) is 11.5 Å². The molecule has 22 heavy (non-hydrogen) atoms. The number of carbonyl (C=O) groups excluding carboxylic acids is 1. The number of nitrogens with two attached hydrogens (primary N) is 1. The van der Waals surface area contributed by atoms with E-state index in [-0.39, 0.29) is 23.9 Å². The zero-order valence-corrected chi connectivity index (χ0v) is 11.8. The van der Waals surface area contributed by atoms with E-state index < -0.39 is 6.09 Å². The molecule has 1 saturated heterocycles. The van der Waals surface area contributed by atoms with Gasteiger partial charge < -0.3 is 24.9 Å². The molecule has 7 nitrogen and oxygen atoms in total. The number of fused-ring (bicyclic) bond motifs is 1. The minimum absolute atomic E-state index is 0.180. The van der Waals surface area contributed by atoms with Gasteiger partial charge in [-0.3, -0.25) is 4.79 Å². The molecule has 1 amide bonds. The van der Waals surface area contributed by atoms with Gasteiger partial charge >= 0.3 is 6.09 Å². The molecule has 0 unspecified atom stereocenters. The average Bonchev–Trinajstić information content (AvgIpc) is 2.91. The molecule has 0 radical (unpaired) electrons. The summed E-state index contributed by atoms with van der Waals surface area (Å²) in [6.45, 7) is 1.13. The predicted molar refractivity (Wildman–Crippen MR) is 79.7 cm³/mol. The summed E-state index contributed by atoms with van der Waals surface area (Å²) < 4.78 is 10.1. The zero-order valence-electron chi connectivity index (χ0n) is 11.8. The van der Waals surface area contributed by atoms with E-state index in [1.807, 2.05) is 11.0 Å². The minimum atomic E-state index is -0.925. The monoisotopic (exact) mass is 304 g/mol. The minimum Gasteiger partial charge on any atom is -0.457 e. The smallest absolute Gasteiger partial charge is 0.404 e. The lowest BCUT2D eigenvalue weighted by molar-refractivity contribution is 0.141. The lowest BCUT2D eigenvalue weighted by atomic mass is 10.2. The second kappa shape index (κ2) is 5.69. The van der Waals surface area contributed by atoms with Gasteiger partial charge in [-0.15, -0.1) is 0 Å². The number of anilines is 1. The van der Waals surface area contributed by atoms with Crippen LogP contribution in [-0.4, -0.2) is 30.4 Å². The molecule has 7 heteroatoms. The van der Waals surface area contributed by atoms with Gasteiger partial charge in [0.2, 0.25) is 0 Å².